The van der Waals surface area contributed by atoms with Gasteiger partial charge in [-0.15, -0.1) is 0 Å². The summed E-state index contributed by atoms with van der Waals surface area (Å²) in [7, 11) is 1.30. The van der Waals surface area contributed by atoms with Crippen LogP contribution in [0.3, 0.4) is 0 Å². The first kappa shape index (κ1) is 19.9. The van der Waals surface area contributed by atoms with Crippen molar-refractivity contribution in [3.8, 4) is 5.75 Å². The van der Waals surface area contributed by atoms with Crippen molar-refractivity contribution in [3.63, 3.8) is 0 Å². The highest BCUT2D eigenvalue weighted by molar-refractivity contribution is 6.01. The zero-order valence-electron chi connectivity index (χ0n) is 16.6. The zero-order valence-corrected chi connectivity index (χ0v) is 16.6. The topological polar surface area (TPSA) is 82.1 Å². The van der Waals surface area contributed by atoms with E-state index in [0.717, 1.165) is 0 Å². The first-order valence-electron chi connectivity index (χ1n) is 9.21. The average Bonchev–Trinajstić information content (AvgIpc) is 3.01. The molecular weight excluding hydrogens is 362 g/mol. The molecule has 0 aromatic heterocycles. The van der Waals surface area contributed by atoms with Crippen LogP contribution in [0.4, 0.5) is 4.79 Å². The zero-order chi connectivity index (χ0) is 20.5. The van der Waals surface area contributed by atoms with Crippen molar-refractivity contribution in [2.75, 3.05) is 20.2 Å². The van der Waals surface area contributed by atoms with Crippen LogP contribution in [0.15, 0.2) is 24.3 Å². The molecule has 0 bridgehead atoms. The molecule has 2 heterocycles. The van der Waals surface area contributed by atoms with Crippen LogP contribution >= 0.6 is 0 Å². The van der Waals surface area contributed by atoms with Crippen LogP contribution in [0.25, 0.3) is 6.08 Å². The number of ether oxygens (including phenoxy) is 3. The first-order chi connectivity index (χ1) is 13.1. The quantitative estimate of drug-likeness (QED) is 0.572. The Morgan fingerprint density at radius 1 is 1.29 bits per heavy atom. The van der Waals surface area contributed by atoms with Gasteiger partial charge in [-0.2, -0.15) is 0 Å². The van der Waals surface area contributed by atoms with Gasteiger partial charge in [-0.3, -0.25) is 4.79 Å². The second kappa shape index (κ2) is 7.30. The monoisotopic (exact) mass is 387 g/mol. The van der Waals surface area contributed by atoms with E-state index < -0.39 is 23.3 Å². The highest BCUT2D eigenvalue weighted by Gasteiger charge is 2.47. The summed E-state index contributed by atoms with van der Waals surface area (Å²) in [6, 6.07) is 5.19. The smallest absolute Gasteiger partial charge is 0.410 e. The molecule has 1 amide bonds. The SMILES string of the molecule is COC(=O)/C=C/c1ccc2c(c1)C(=O)CC1(CCN(C(=O)OC(C)(C)C)C1)O2. The van der Waals surface area contributed by atoms with E-state index in [4.69, 9.17) is 9.47 Å². The molecule has 1 aromatic carbocycles. The Labute approximate surface area is 164 Å². The normalized spacial score (nSPS) is 21.6. The lowest BCUT2D eigenvalue weighted by Crippen LogP contribution is -2.46. The maximum Gasteiger partial charge on any atom is 0.410 e. The summed E-state index contributed by atoms with van der Waals surface area (Å²) in [5, 5.41) is 0. The molecule has 1 atom stereocenters. The number of hydrogen-bond acceptors (Lipinski definition) is 6. The number of carbonyl (C=O) groups is 3. The van der Waals surface area contributed by atoms with Gasteiger partial charge in [-0.25, -0.2) is 9.59 Å². The third-order valence-corrected chi connectivity index (χ3v) is 4.69. The average molecular weight is 387 g/mol. The van der Waals surface area contributed by atoms with Gasteiger partial charge < -0.3 is 19.1 Å². The van der Waals surface area contributed by atoms with Crippen LogP contribution in [0.5, 0.6) is 5.75 Å². The molecule has 28 heavy (non-hydrogen) atoms. The molecule has 0 radical (unpaired) electrons. The number of likely N-dealkylation sites (tertiary alicyclic amines) is 1. The Bertz CT molecular complexity index is 838. The molecule has 3 rings (SSSR count). The molecule has 0 N–H and O–H groups in total. The minimum atomic E-state index is -0.718. The van der Waals surface area contributed by atoms with E-state index in [0.29, 0.717) is 36.4 Å². The van der Waals surface area contributed by atoms with Gasteiger partial charge in [0.25, 0.3) is 0 Å². The van der Waals surface area contributed by atoms with E-state index in [1.165, 1.54) is 13.2 Å². The van der Waals surface area contributed by atoms with Crippen molar-refractivity contribution in [3.05, 3.63) is 35.4 Å². The fourth-order valence-corrected chi connectivity index (χ4v) is 3.40. The molecule has 7 heteroatoms. The van der Waals surface area contributed by atoms with Gasteiger partial charge in [0.2, 0.25) is 0 Å². The minimum absolute atomic E-state index is 0.0411. The van der Waals surface area contributed by atoms with Gasteiger partial charge in [0.05, 0.1) is 25.6 Å². The number of amides is 1. The number of benzene rings is 1. The predicted molar refractivity (Wildman–Crippen MR) is 102 cm³/mol. The number of Topliss-reactive ketones (excluding diaryl/α,β-unsaturated/α-hetero) is 1. The number of ketones is 1. The van der Waals surface area contributed by atoms with E-state index in [1.807, 2.05) is 20.8 Å². The lowest BCUT2D eigenvalue weighted by Gasteiger charge is -2.35. The lowest BCUT2D eigenvalue weighted by atomic mass is 9.88. The second-order valence-electron chi connectivity index (χ2n) is 8.15. The molecule has 150 valence electrons. The standard InChI is InChI=1S/C21H25NO6/c1-20(2,3)28-19(25)22-10-9-21(13-22)12-16(23)15-11-14(5-7-17(15)27-21)6-8-18(24)26-4/h5-8,11H,9-10,12-13H2,1-4H3/b8-6+. The molecule has 1 aromatic rings. The third-order valence-electron chi connectivity index (χ3n) is 4.69. The number of rotatable bonds is 2. The van der Waals surface area contributed by atoms with Gasteiger partial charge in [0, 0.05) is 19.0 Å². The van der Waals surface area contributed by atoms with Crippen LogP contribution < -0.4 is 4.74 Å². The van der Waals surface area contributed by atoms with E-state index in [9.17, 15) is 14.4 Å². The van der Waals surface area contributed by atoms with Crippen LogP contribution in [0, 0.1) is 0 Å². The minimum Gasteiger partial charge on any atom is -0.484 e. The summed E-state index contributed by atoms with van der Waals surface area (Å²) in [5.74, 6) is -0.00875. The Morgan fingerprint density at radius 2 is 2.04 bits per heavy atom. The predicted octanol–water partition coefficient (Wildman–Crippen LogP) is 3.22. The van der Waals surface area contributed by atoms with Gasteiger partial charge in [0.15, 0.2) is 5.78 Å². The number of nitrogens with zero attached hydrogens (tertiary/aromatic N) is 1. The number of esters is 1. The summed E-state index contributed by atoms with van der Waals surface area (Å²) in [6.07, 6.45) is 3.26. The van der Waals surface area contributed by atoms with Crippen molar-refractivity contribution in [2.24, 2.45) is 0 Å². The Morgan fingerprint density at radius 3 is 2.71 bits per heavy atom. The maximum absolute atomic E-state index is 12.8. The fourth-order valence-electron chi connectivity index (χ4n) is 3.40. The summed E-state index contributed by atoms with van der Waals surface area (Å²) in [4.78, 5) is 37.9. The molecule has 1 unspecified atom stereocenters. The Kier molecular flexibility index (Phi) is 5.19. The number of hydrogen-bond donors (Lipinski definition) is 0. The van der Waals surface area contributed by atoms with Crippen LogP contribution in [-0.2, 0) is 14.3 Å². The number of carbonyl (C=O) groups excluding carboxylic acids is 3. The Balaban J connectivity index is 1.75. The lowest BCUT2D eigenvalue weighted by molar-refractivity contribution is -0.134. The third kappa shape index (κ3) is 4.35. The molecule has 2 aliphatic heterocycles. The van der Waals surface area contributed by atoms with Gasteiger partial charge in [0.1, 0.15) is 17.0 Å². The van der Waals surface area contributed by atoms with E-state index >= 15 is 0 Å². The largest absolute Gasteiger partial charge is 0.484 e. The van der Waals surface area contributed by atoms with E-state index in [-0.39, 0.29) is 12.2 Å². The molecule has 1 spiro atoms. The molecule has 0 saturated carbocycles. The Hall–Kier alpha value is -2.83. The second-order valence-corrected chi connectivity index (χ2v) is 8.15. The summed E-state index contributed by atoms with van der Waals surface area (Å²) < 4.78 is 16.2. The summed E-state index contributed by atoms with van der Waals surface area (Å²) in [5.41, 5.74) is -0.103. The summed E-state index contributed by atoms with van der Waals surface area (Å²) >= 11 is 0. The van der Waals surface area contributed by atoms with Crippen LogP contribution in [0.1, 0.15) is 49.5 Å². The van der Waals surface area contributed by atoms with Crippen molar-refractivity contribution >= 4 is 23.9 Å². The highest BCUT2D eigenvalue weighted by Crippen LogP contribution is 2.39. The van der Waals surface area contributed by atoms with E-state index in [2.05, 4.69) is 4.74 Å². The molecule has 0 aliphatic carbocycles. The van der Waals surface area contributed by atoms with Gasteiger partial charge >= 0.3 is 12.1 Å². The van der Waals surface area contributed by atoms with Crippen molar-refractivity contribution in [1.82, 2.24) is 4.90 Å². The fraction of sp³-hybridized carbons (Fsp3) is 0.476. The molecule has 1 saturated heterocycles. The first-order valence-corrected chi connectivity index (χ1v) is 9.21. The molecule has 2 aliphatic rings. The van der Waals surface area contributed by atoms with Crippen molar-refractivity contribution in [1.29, 1.82) is 0 Å². The maximum atomic E-state index is 12.8. The van der Waals surface area contributed by atoms with Gasteiger partial charge in [-0.05, 0) is 44.5 Å². The van der Waals surface area contributed by atoms with Crippen molar-refractivity contribution in [2.45, 2.75) is 44.8 Å². The highest BCUT2D eigenvalue weighted by atomic mass is 16.6. The van der Waals surface area contributed by atoms with E-state index in [1.54, 1.807) is 29.2 Å². The molecule has 1 fully saturated rings. The van der Waals surface area contributed by atoms with Gasteiger partial charge in [-0.1, -0.05) is 6.07 Å². The van der Waals surface area contributed by atoms with Crippen molar-refractivity contribution < 1.29 is 28.6 Å². The summed E-state index contributed by atoms with van der Waals surface area (Å²) in [6.45, 7) is 6.26. The van der Waals surface area contributed by atoms with Crippen LogP contribution in [0.2, 0.25) is 0 Å². The number of fused-ring (bicyclic) bond motifs is 1. The molecule has 7 nitrogen and oxygen atoms in total. The van der Waals surface area contributed by atoms with Crippen LogP contribution in [-0.4, -0.2) is 54.1 Å². The number of methoxy groups -OCH3 is 1. The molecular formula is C21H25NO6.